The molecule has 2 heterocycles. The Balaban J connectivity index is 2.59. The van der Waals surface area contributed by atoms with E-state index in [1.807, 2.05) is 13.8 Å². The van der Waals surface area contributed by atoms with Gasteiger partial charge in [0, 0.05) is 5.69 Å². The van der Waals surface area contributed by atoms with E-state index in [1.54, 1.807) is 19.1 Å². The maximum atomic E-state index is 11.8. The Morgan fingerprint density at radius 3 is 2.74 bits per heavy atom. The highest BCUT2D eigenvalue weighted by atomic mass is 16.5. The molecule has 0 spiro atoms. The molecule has 2 aromatic heterocycles. The van der Waals surface area contributed by atoms with Crippen molar-refractivity contribution in [3.8, 4) is 0 Å². The van der Waals surface area contributed by atoms with Gasteiger partial charge in [-0.15, -0.1) is 0 Å². The van der Waals surface area contributed by atoms with Crippen molar-refractivity contribution in [2.45, 2.75) is 26.7 Å². The maximum absolute atomic E-state index is 11.8. The van der Waals surface area contributed by atoms with E-state index in [9.17, 15) is 9.59 Å². The number of hydrogen-bond donors (Lipinski definition) is 1. The third kappa shape index (κ3) is 2.62. The van der Waals surface area contributed by atoms with E-state index >= 15 is 0 Å². The average molecular weight is 261 g/mol. The average Bonchev–Trinajstić information content (AvgIpc) is 2.38. The number of aromatic nitrogens is 3. The lowest BCUT2D eigenvalue weighted by molar-refractivity contribution is 0.0512. The molecule has 0 aliphatic carbocycles. The summed E-state index contributed by atoms with van der Waals surface area (Å²) in [6, 6.07) is 3.45. The third-order valence-corrected chi connectivity index (χ3v) is 2.65. The fraction of sp³-hybridized carbons (Fsp3) is 0.385. The standard InChI is InChI=1S/C13H15N3O3/c1-4-19-13(18)11-15-10-8(12(17)16-11)5-6-9(14-10)7(2)3/h5-7H,4H2,1-3H3,(H,14,15,16,17). The molecular formula is C13H15N3O3. The monoisotopic (exact) mass is 261 g/mol. The van der Waals surface area contributed by atoms with Crippen molar-refractivity contribution in [1.82, 2.24) is 15.0 Å². The Bertz CT molecular complexity index is 676. The molecule has 2 rings (SSSR count). The van der Waals surface area contributed by atoms with Crippen LogP contribution >= 0.6 is 0 Å². The molecule has 0 bridgehead atoms. The van der Waals surface area contributed by atoms with Crippen LogP contribution in [0.1, 0.15) is 43.0 Å². The number of fused-ring (bicyclic) bond motifs is 1. The van der Waals surface area contributed by atoms with Crippen LogP contribution in [-0.4, -0.2) is 27.5 Å². The van der Waals surface area contributed by atoms with Crippen LogP contribution in [0.25, 0.3) is 11.0 Å². The summed E-state index contributed by atoms with van der Waals surface area (Å²) in [4.78, 5) is 34.2. The SMILES string of the molecule is CCOC(=O)c1nc2nc(C(C)C)ccc2c(=O)[nH]1. The zero-order valence-corrected chi connectivity index (χ0v) is 11.1. The number of ether oxygens (including phenoxy) is 1. The maximum Gasteiger partial charge on any atom is 0.374 e. The quantitative estimate of drug-likeness (QED) is 0.848. The molecule has 6 heteroatoms. The number of pyridine rings is 1. The molecule has 0 aliphatic heterocycles. The second kappa shape index (κ2) is 5.17. The van der Waals surface area contributed by atoms with Gasteiger partial charge < -0.3 is 9.72 Å². The van der Waals surface area contributed by atoms with Gasteiger partial charge >= 0.3 is 5.97 Å². The summed E-state index contributed by atoms with van der Waals surface area (Å²) in [5.41, 5.74) is 0.689. The predicted molar refractivity (Wildman–Crippen MR) is 70.2 cm³/mol. The van der Waals surface area contributed by atoms with Gasteiger partial charge in [0.2, 0.25) is 5.82 Å². The van der Waals surface area contributed by atoms with Gasteiger partial charge in [0.15, 0.2) is 5.65 Å². The van der Waals surface area contributed by atoms with Crippen LogP contribution in [0.15, 0.2) is 16.9 Å². The number of nitrogens with zero attached hydrogens (tertiary/aromatic N) is 2. The Morgan fingerprint density at radius 1 is 1.37 bits per heavy atom. The Hall–Kier alpha value is -2.24. The zero-order chi connectivity index (χ0) is 14.0. The van der Waals surface area contributed by atoms with E-state index < -0.39 is 11.5 Å². The first-order valence-corrected chi connectivity index (χ1v) is 6.11. The minimum absolute atomic E-state index is 0.118. The molecule has 0 aliphatic rings. The number of esters is 1. The molecule has 6 nitrogen and oxygen atoms in total. The van der Waals surface area contributed by atoms with Gasteiger partial charge in [-0.25, -0.2) is 14.8 Å². The van der Waals surface area contributed by atoms with Gasteiger partial charge in [-0.2, -0.15) is 0 Å². The molecule has 1 N–H and O–H groups in total. The van der Waals surface area contributed by atoms with Gasteiger partial charge in [0.25, 0.3) is 5.56 Å². The molecule has 0 fully saturated rings. The van der Waals surface area contributed by atoms with Gasteiger partial charge in [-0.05, 0) is 25.0 Å². The summed E-state index contributed by atoms with van der Waals surface area (Å²) in [5, 5.41) is 0.359. The topological polar surface area (TPSA) is 84.9 Å². The number of rotatable bonds is 3. The van der Waals surface area contributed by atoms with E-state index in [0.29, 0.717) is 5.39 Å². The highest BCUT2D eigenvalue weighted by Crippen LogP contribution is 2.14. The lowest BCUT2D eigenvalue weighted by Crippen LogP contribution is -2.18. The van der Waals surface area contributed by atoms with Gasteiger partial charge in [-0.3, -0.25) is 4.79 Å². The Kier molecular flexibility index (Phi) is 3.59. The third-order valence-electron chi connectivity index (χ3n) is 2.65. The van der Waals surface area contributed by atoms with Crippen molar-refractivity contribution in [1.29, 1.82) is 0 Å². The van der Waals surface area contributed by atoms with E-state index in [-0.39, 0.29) is 24.0 Å². The fourth-order valence-corrected chi connectivity index (χ4v) is 1.65. The first kappa shape index (κ1) is 13.2. The number of H-pyrrole nitrogens is 1. The summed E-state index contributed by atoms with van der Waals surface area (Å²) in [7, 11) is 0. The molecule has 0 radical (unpaired) electrons. The smallest absolute Gasteiger partial charge is 0.374 e. The van der Waals surface area contributed by atoms with Gasteiger partial charge in [-0.1, -0.05) is 13.8 Å². The summed E-state index contributed by atoms with van der Waals surface area (Å²) >= 11 is 0. The van der Waals surface area contributed by atoms with Crippen LogP contribution in [0.3, 0.4) is 0 Å². The normalized spacial score (nSPS) is 10.9. The van der Waals surface area contributed by atoms with E-state index in [0.717, 1.165) is 5.69 Å². The van der Waals surface area contributed by atoms with E-state index in [2.05, 4.69) is 15.0 Å². The van der Waals surface area contributed by atoms with Crippen molar-refractivity contribution in [3.05, 3.63) is 34.0 Å². The first-order valence-electron chi connectivity index (χ1n) is 6.11. The highest BCUT2D eigenvalue weighted by molar-refractivity contribution is 5.87. The molecule has 0 amide bonds. The first-order chi connectivity index (χ1) is 9.02. The van der Waals surface area contributed by atoms with Crippen LogP contribution in [0.5, 0.6) is 0 Å². The van der Waals surface area contributed by atoms with Crippen LogP contribution in [0.2, 0.25) is 0 Å². The molecular weight excluding hydrogens is 246 g/mol. The van der Waals surface area contributed by atoms with Crippen molar-refractivity contribution in [3.63, 3.8) is 0 Å². The second-order valence-corrected chi connectivity index (χ2v) is 4.40. The number of nitrogens with one attached hydrogen (secondary N) is 1. The van der Waals surface area contributed by atoms with Crippen LogP contribution in [0.4, 0.5) is 0 Å². The fourth-order valence-electron chi connectivity index (χ4n) is 1.65. The number of hydrogen-bond acceptors (Lipinski definition) is 5. The van der Waals surface area contributed by atoms with Crippen molar-refractivity contribution < 1.29 is 9.53 Å². The number of carbonyl (C=O) groups excluding carboxylic acids is 1. The lowest BCUT2D eigenvalue weighted by atomic mass is 10.1. The molecule has 0 atom stereocenters. The van der Waals surface area contributed by atoms with Gasteiger partial charge in [0.05, 0.1) is 12.0 Å². The highest BCUT2D eigenvalue weighted by Gasteiger charge is 2.13. The molecule has 2 aromatic rings. The number of carbonyl (C=O) groups is 1. The molecule has 19 heavy (non-hydrogen) atoms. The van der Waals surface area contributed by atoms with Crippen molar-refractivity contribution in [2.75, 3.05) is 6.61 Å². The van der Waals surface area contributed by atoms with Crippen LogP contribution < -0.4 is 5.56 Å². The van der Waals surface area contributed by atoms with E-state index in [1.165, 1.54) is 0 Å². The minimum atomic E-state index is -0.654. The molecule has 0 saturated carbocycles. The zero-order valence-electron chi connectivity index (χ0n) is 11.1. The Labute approximate surface area is 109 Å². The molecule has 0 aromatic carbocycles. The molecule has 0 unspecified atom stereocenters. The summed E-state index contributed by atoms with van der Waals surface area (Å²) in [5.74, 6) is -0.553. The minimum Gasteiger partial charge on any atom is -0.460 e. The van der Waals surface area contributed by atoms with Crippen molar-refractivity contribution >= 4 is 17.0 Å². The predicted octanol–water partition coefficient (Wildman–Crippen LogP) is 1.62. The summed E-state index contributed by atoms with van der Waals surface area (Å²) in [6.07, 6.45) is 0. The Morgan fingerprint density at radius 2 is 2.11 bits per heavy atom. The van der Waals surface area contributed by atoms with E-state index in [4.69, 9.17) is 4.74 Å². The molecule has 0 saturated heterocycles. The van der Waals surface area contributed by atoms with Crippen LogP contribution in [0, 0.1) is 0 Å². The second-order valence-electron chi connectivity index (χ2n) is 4.40. The molecule has 100 valence electrons. The summed E-state index contributed by atoms with van der Waals surface area (Å²) < 4.78 is 4.81. The summed E-state index contributed by atoms with van der Waals surface area (Å²) in [6.45, 7) is 5.90. The van der Waals surface area contributed by atoms with Crippen molar-refractivity contribution in [2.24, 2.45) is 0 Å². The van der Waals surface area contributed by atoms with Gasteiger partial charge in [0.1, 0.15) is 0 Å². The lowest BCUT2D eigenvalue weighted by Gasteiger charge is -2.06. The van der Waals surface area contributed by atoms with Crippen LogP contribution in [-0.2, 0) is 4.74 Å². The largest absolute Gasteiger partial charge is 0.460 e. The number of aromatic amines is 1.